The Morgan fingerprint density at radius 2 is 0.895 bits per heavy atom. The largest absolute Gasteiger partial charge is 0.508 e. The van der Waals surface area contributed by atoms with Crippen LogP contribution in [0.3, 0.4) is 0 Å². The van der Waals surface area contributed by atoms with E-state index in [1.165, 1.54) is 38.5 Å². The van der Waals surface area contributed by atoms with E-state index in [0.717, 1.165) is 26.1 Å². The fraction of sp³-hybridized carbons (Fsp3) is 0.968. The minimum absolute atomic E-state index is 0.208. The number of unbranched alkanes of at least 4 members (excludes halogenated alkanes) is 6. The minimum atomic E-state index is -0.555. The Labute approximate surface area is 234 Å². The predicted octanol–water partition coefficient (Wildman–Crippen LogP) is 8.21. The molecule has 7 nitrogen and oxygen atoms in total. The maximum atomic E-state index is 13.0. The van der Waals surface area contributed by atoms with E-state index in [4.69, 9.17) is 19.1 Å². The first-order chi connectivity index (χ1) is 17.6. The van der Waals surface area contributed by atoms with Crippen LogP contribution in [0.5, 0.6) is 0 Å². The van der Waals surface area contributed by atoms with Gasteiger partial charge in [-0.05, 0) is 68.2 Å². The van der Waals surface area contributed by atoms with Crippen LogP contribution in [0.4, 0.5) is 4.79 Å². The number of piperidine rings is 2. The van der Waals surface area contributed by atoms with Crippen LogP contribution >= 0.6 is 0 Å². The molecule has 0 atom stereocenters. The van der Waals surface area contributed by atoms with Gasteiger partial charge in [0.1, 0.15) is 12.2 Å². The molecule has 0 aromatic heterocycles. The topological polar surface area (TPSA) is 60.5 Å². The number of hydrogen-bond acceptors (Lipinski definition) is 7. The van der Waals surface area contributed by atoms with Crippen LogP contribution in [-0.4, -0.2) is 63.9 Å². The van der Waals surface area contributed by atoms with Crippen molar-refractivity contribution in [1.29, 1.82) is 0 Å². The SMILES string of the molecule is CCCCCCON1C(C)(C)CC(OC(=O)OC2CC(C)(C)N(OCCCCCC)C(C)(C)C2)CC1(C)C. The summed E-state index contributed by atoms with van der Waals surface area (Å²) in [5.74, 6) is 0. The van der Waals surface area contributed by atoms with E-state index >= 15 is 0 Å². The maximum absolute atomic E-state index is 13.0. The molecule has 0 aliphatic carbocycles. The summed E-state index contributed by atoms with van der Waals surface area (Å²) in [5.41, 5.74) is -0.995. The molecule has 0 N–H and O–H groups in total. The van der Waals surface area contributed by atoms with Gasteiger partial charge in [0.05, 0.1) is 13.2 Å². The second-order valence-electron chi connectivity index (χ2n) is 14.2. The molecule has 224 valence electrons. The highest BCUT2D eigenvalue weighted by molar-refractivity contribution is 5.60. The monoisotopic (exact) mass is 540 g/mol. The van der Waals surface area contributed by atoms with Crippen molar-refractivity contribution in [2.24, 2.45) is 0 Å². The summed E-state index contributed by atoms with van der Waals surface area (Å²) in [6.45, 7) is 23.3. The van der Waals surface area contributed by atoms with Gasteiger partial charge in [0.2, 0.25) is 0 Å². The number of nitrogens with zero attached hydrogens (tertiary/aromatic N) is 2. The average molecular weight is 541 g/mol. The van der Waals surface area contributed by atoms with Gasteiger partial charge in [0.15, 0.2) is 0 Å². The molecule has 38 heavy (non-hydrogen) atoms. The third kappa shape index (κ3) is 9.64. The lowest BCUT2D eigenvalue weighted by molar-refractivity contribution is -0.296. The lowest BCUT2D eigenvalue weighted by atomic mass is 9.80. The fourth-order valence-corrected chi connectivity index (χ4v) is 6.88. The van der Waals surface area contributed by atoms with Crippen LogP contribution in [0, 0.1) is 0 Å². The summed E-state index contributed by atoms with van der Waals surface area (Å²) < 4.78 is 11.9. The standard InChI is InChI=1S/C31H60N2O5/c1-11-13-15-17-19-35-32-28(3,4)21-25(22-29(32,5)6)37-27(34)38-26-23-30(7,8)33(31(9,10)24-26)36-20-18-16-14-12-2/h25-26H,11-24H2,1-10H3. The molecular weight excluding hydrogens is 480 g/mol. The smallest absolute Gasteiger partial charge is 0.431 e. The molecule has 2 heterocycles. The van der Waals surface area contributed by atoms with Gasteiger partial charge in [-0.3, -0.25) is 9.68 Å². The van der Waals surface area contributed by atoms with Gasteiger partial charge in [-0.25, -0.2) is 4.79 Å². The molecule has 0 aromatic rings. The van der Waals surface area contributed by atoms with Crippen molar-refractivity contribution in [1.82, 2.24) is 10.1 Å². The molecular formula is C31H60N2O5. The van der Waals surface area contributed by atoms with Crippen molar-refractivity contribution in [3.8, 4) is 0 Å². The number of carbonyl (C=O) groups excluding carboxylic acids is 1. The maximum Gasteiger partial charge on any atom is 0.508 e. The lowest BCUT2D eigenvalue weighted by Crippen LogP contribution is -2.62. The number of rotatable bonds is 14. The summed E-state index contributed by atoms with van der Waals surface area (Å²) in [4.78, 5) is 25.6. The van der Waals surface area contributed by atoms with E-state index < -0.39 is 6.16 Å². The van der Waals surface area contributed by atoms with E-state index in [9.17, 15) is 4.79 Å². The van der Waals surface area contributed by atoms with E-state index in [1.807, 2.05) is 0 Å². The van der Waals surface area contributed by atoms with Gasteiger partial charge in [0.25, 0.3) is 0 Å². The quantitative estimate of drug-likeness (QED) is 0.162. The molecule has 2 fully saturated rings. The molecule has 2 saturated heterocycles. The predicted molar refractivity (Wildman–Crippen MR) is 154 cm³/mol. The van der Waals surface area contributed by atoms with Crippen LogP contribution in [0.1, 0.15) is 146 Å². The highest BCUT2D eigenvalue weighted by atomic mass is 16.7. The normalized spacial score (nSPS) is 23.8. The van der Waals surface area contributed by atoms with Gasteiger partial charge < -0.3 is 9.47 Å². The Kier molecular flexibility index (Phi) is 12.4. The number of ether oxygens (including phenoxy) is 2. The molecule has 0 bridgehead atoms. The van der Waals surface area contributed by atoms with Crippen LogP contribution < -0.4 is 0 Å². The molecule has 0 spiro atoms. The first-order valence-corrected chi connectivity index (χ1v) is 15.4. The van der Waals surface area contributed by atoms with Crippen molar-refractivity contribution in [3.63, 3.8) is 0 Å². The zero-order valence-electron chi connectivity index (χ0n) is 26.5. The Hall–Kier alpha value is -0.890. The van der Waals surface area contributed by atoms with Crippen LogP contribution in [0.25, 0.3) is 0 Å². The second-order valence-corrected chi connectivity index (χ2v) is 14.2. The summed E-state index contributed by atoms with van der Waals surface area (Å²) in [6, 6.07) is 0. The summed E-state index contributed by atoms with van der Waals surface area (Å²) in [5, 5.41) is 4.28. The van der Waals surface area contributed by atoms with Gasteiger partial charge in [-0.15, -0.1) is 0 Å². The van der Waals surface area contributed by atoms with Gasteiger partial charge in [-0.1, -0.05) is 52.4 Å². The van der Waals surface area contributed by atoms with E-state index in [-0.39, 0.29) is 34.4 Å². The van der Waals surface area contributed by atoms with E-state index in [1.54, 1.807) is 0 Å². The summed E-state index contributed by atoms with van der Waals surface area (Å²) >= 11 is 0. The number of hydrogen-bond donors (Lipinski definition) is 0. The van der Waals surface area contributed by atoms with Gasteiger partial charge >= 0.3 is 6.16 Å². The molecule has 0 unspecified atom stereocenters. The second kappa shape index (κ2) is 14.1. The summed E-state index contributed by atoms with van der Waals surface area (Å²) in [7, 11) is 0. The molecule has 2 aliphatic heterocycles. The molecule has 2 aliphatic rings. The van der Waals surface area contributed by atoms with Crippen LogP contribution in [0.15, 0.2) is 0 Å². The summed E-state index contributed by atoms with van der Waals surface area (Å²) in [6.07, 6.45) is 11.3. The Balaban J connectivity index is 1.90. The number of hydroxylamine groups is 4. The zero-order valence-corrected chi connectivity index (χ0v) is 26.5. The molecule has 2 rings (SSSR count). The van der Waals surface area contributed by atoms with E-state index in [2.05, 4.69) is 79.4 Å². The Morgan fingerprint density at radius 3 is 1.18 bits per heavy atom. The third-order valence-electron chi connectivity index (χ3n) is 8.07. The van der Waals surface area contributed by atoms with Crippen molar-refractivity contribution >= 4 is 6.16 Å². The Morgan fingerprint density at radius 1 is 0.579 bits per heavy atom. The van der Waals surface area contributed by atoms with Crippen molar-refractivity contribution in [2.75, 3.05) is 13.2 Å². The highest BCUT2D eigenvalue weighted by Crippen LogP contribution is 2.42. The first kappa shape index (κ1) is 33.3. The number of carbonyl (C=O) groups is 1. The molecule has 0 radical (unpaired) electrons. The minimum Gasteiger partial charge on any atom is -0.431 e. The van der Waals surface area contributed by atoms with Crippen molar-refractivity contribution in [3.05, 3.63) is 0 Å². The van der Waals surface area contributed by atoms with Crippen LogP contribution in [0.2, 0.25) is 0 Å². The molecule has 0 amide bonds. The Bertz CT molecular complexity index is 627. The van der Waals surface area contributed by atoms with Crippen LogP contribution in [-0.2, 0) is 19.1 Å². The molecule has 7 heteroatoms. The third-order valence-corrected chi connectivity index (χ3v) is 8.07. The molecule has 0 saturated carbocycles. The zero-order chi connectivity index (χ0) is 28.6. The van der Waals surface area contributed by atoms with E-state index in [0.29, 0.717) is 25.7 Å². The highest BCUT2D eigenvalue weighted by Gasteiger charge is 2.50. The average Bonchev–Trinajstić information content (AvgIpc) is 2.74. The molecule has 0 aromatic carbocycles. The van der Waals surface area contributed by atoms with Gasteiger partial charge in [0, 0.05) is 47.8 Å². The van der Waals surface area contributed by atoms with Crippen molar-refractivity contribution in [2.45, 2.75) is 181 Å². The fourth-order valence-electron chi connectivity index (χ4n) is 6.88. The van der Waals surface area contributed by atoms with Crippen molar-refractivity contribution < 1.29 is 23.9 Å². The first-order valence-electron chi connectivity index (χ1n) is 15.4. The van der Waals surface area contributed by atoms with Gasteiger partial charge in [-0.2, -0.15) is 10.1 Å². The lowest BCUT2D eigenvalue weighted by Gasteiger charge is -2.54.